The molecule has 0 aromatic heterocycles. The molecule has 0 amide bonds. The molecule has 1 heterocycles. The molecule has 1 aliphatic heterocycles. The number of nitrogens with two attached hydrogens (primary N) is 5. The number of ether oxygens (including phenoxy) is 1. The van der Waals surface area contributed by atoms with Crippen LogP contribution in [0.25, 0.3) is 0 Å². The summed E-state index contributed by atoms with van der Waals surface area (Å²) in [6.45, 7) is 1.33. The van der Waals surface area contributed by atoms with Crippen molar-refractivity contribution in [3.8, 4) is 0 Å². The van der Waals surface area contributed by atoms with Crippen molar-refractivity contribution in [2.24, 2.45) is 28.7 Å². The second kappa shape index (κ2) is 6.52. The molecule has 0 spiro atoms. The Hall–Kier alpha value is 0.0500. The van der Waals surface area contributed by atoms with Gasteiger partial charge >= 0.3 is 0 Å². The third-order valence-corrected chi connectivity index (χ3v) is 2.04. The van der Waals surface area contributed by atoms with E-state index in [0.29, 0.717) is 24.9 Å². The van der Waals surface area contributed by atoms with Crippen molar-refractivity contribution in [1.29, 1.82) is 0 Å². The minimum absolute atomic E-state index is 0.400. The number of halogens is 1. The Balaban J connectivity index is 0.000000280. The lowest BCUT2D eigenvalue weighted by Gasteiger charge is -2.25. The Kier molecular flexibility index (Phi) is 6.54. The molecule has 0 aromatic carbocycles. The zero-order chi connectivity index (χ0) is 11.2. The monoisotopic (exact) mass is 225 g/mol. The van der Waals surface area contributed by atoms with Crippen LogP contribution in [0.4, 0.5) is 0 Å². The molecule has 1 saturated heterocycles. The van der Waals surface area contributed by atoms with Crippen molar-refractivity contribution >= 4 is 11.6 Å². The molecule has 1 rings (SSSR count). The number of epoxide rings is 1. The third kappa shape index (κ3) is 7.45. The fourth-order valence-electron chi connectivity index (χ4n) is 0.587. The van der Waals surface area contributed by atoms with E-state index in [-0.39, 0.29) is 0 Å². The fourth-order valence-corrected chi connectivity index (χ4v) is 0.765. The van der Waals surface area contributed by atoms with Gasteiger partial charge in [0.2, 0.25) is 0 Å². The highest BCUT2D eigenvalue weighted by Crippen LogP contribution is 2.08. The lowest BCUT2D eigenvalue weighted by Crippen LogP contribution is -2.69. The lowest BCUT2D eigenvalue weighted by molar-refractivity contribution is 0.353. The van der Waals surface area contributed by atoms with Crippen molar-refractivity contribution in [1.82, 2.24) is 0 Å². The first-order valence-corrected chi connectivity index (χ1v) is 4.95. The van der Waals surface area contributed by atoms with E-state index in [1.165, 1.54) is 0 Å². The maximum Gasteiger partial charge on any atom is 0.131 e. The van der Waals surface area contributed by atoms with Crippen molar-refractivity contribution in [3.63, 3.8) is 0 Å². The summed E-state index contributed by atoms with van der Waals surface area (Å²) >= 11 is 5.27. The van der Waals surface area contributed by atoms with Crippen LogP contribution >= 0.6 is 11.6 Å². The minimum Gasteiger partial charge on any atom is -0.372 e. The van der Waals surface area contributed by atoms with Gasteiger partial charge in [-0.25, -0.2) is 0 Å². The van der Waals surface area contributed by atoms with E-state index in [2.05, 4.69) is 0 Å². The van der Waals surface area contributed by atoms with Gasteiger partial charge in [-0.15, -0.1) is 11.6 Å². The van der Waals surface area contributed by atoms with Crippen molar-refractivity contribution < 1.29 is 4.74 Å². The summed E-state index contributed by atoms with van der Waals surface area (Å²) in [5.74, 6) is -0.626. The zero-order valence-electron chi connectivity index (χ0n) is 8.16. The molecule has 0 saturated carbocycles. The summed E-state index contributed by atoms with van der Waals surface area (Å²) in [5, 5.41) is 0. The van der Waals surface area contributed by atoms with Gasteiger partial charge in [-0.1, -0.05) is 0 Å². The van der Waals surface area contributed by atoms with Crippen molar-refractivity contribution in [3.05, 3.63) is 0 Å². The van der Waals surface area contributed by atoms with E-state index < -0.39 is 11.8 Å². The van der Waals surface area contributed by atoms with Crippen LogP contribution in [0.5, 0.6) is 0 Å². The average Bonchev–Trinajstić information content (AvgIpc) is 2.86. The van der Waals surface area contributed by atoms with Crippen LogP contribution in [0.1, 0.15) is 6.42 Å². The maximum absolute atomic E-state index is 5.41. The summed E-state index contributed by atoms with van der Waals surface area (Å²) in [7, 11) is 0. The largest absolute Gasteiger partial charge is 0.372 e. The fraction of sp³-hybridized carbons (Fsp3) is 1.00. The normalized spacial score (nSPS) is 22.3. The summed E-state index contributed by atoms with van der Waals surface area (Å²) in [4.78, 5) is 0. The van der Waals surface area contributed by atoms with Crippen molar-refractivity contribution in [2.45, 2.75) is 24.4 Å². The Morgan fingerprint density at radius 1 is 1.43 bits per heavy atom. The first kappa shape index (κ1) is 14.1. The summed E-state index contributed by atoms with van der Waals surface area (Å²) in [6.07, 6.45) is 0.945. The molecule has 86 valence electrons. The second-order valence-corrected chi connectivity index (χ2v) is 3.60. The predicted octanol–water partition coefficient (Wildman–Crippen LogP) is -2.18. The molecule has 0 aromatic rings. The van der Waals surface area contributed by atoms with Gasteiger partial charge in [0.15, 0.2) is 0 Å². The van der Waals surface area contributed by atoms with Crippen LogP contribution in [0.15, 0.2) is 0 Å². The van der Waals surface area contributed by atoms with E-state index in [9.17, 15) is 0 Å². The van der Waals surface area contributed by atoms with Gasteiger partial charge in [-0.2, -0.15) is 0 Å². The molecule has 2 atom stereocenters. The number of rotatable bonds is 4. The van der Waals surface area contributed by atoms with Crippen LogP contribution < -0.4 is 28.7 Å². The molecule has 0 aliphatic carbocycles. The molecule has 2 unspecified atom stereocenters. The molecular weight excluding hydrogens is 206 g/mol. The Labute approximate surface area is 89.0 Å². The summed E-state index contributed by atoms with van der Waals surface area (Å²) in [5.41, 5.74) is 26.3. The van der Waals surface area contributed by atoms with E-state index >= 15 is 0 Å². The molecule has 1 aliphatic rings. The van der Waals surface area contributed by atoms with Gasteiger partial charge in [0.1, 0.15) is 5.79 Å². The standard InChI is InChI=1S/C4H15N5.C3H5ClO/c5-2-1-3(6)4(7,8)9;4-1-3-2-5-3/h3H,1-2,5-9H2;3H,1-2H2. The minimum atomic E-state index is -1.29. The molecule has 0 bridgehead atoms. The molecule has 14 heavy (non-hydrogen) atoms. The molecule has 7 heteroatoms. The van der Waals surface area contributed by atoms with E-state index in [1.54, 1.807) is 0 Å². The Bertz CT molecular complexity index is 148. The van der Waals surface area contributed by atoms with Crippen LogP contribution in [0, 0.1) is 0 Å². The predicted molar refractivity (Wildman–Crippen MR) is 57.4 cm³/mol. The quantitative estimate of drug-likeness (QED) is 0.209. The van der Waals surface area contributed by atoms with Crippen LogP contribution in [0.3, 0.4) is 0 Å². The topological polar surface area (TPSA) is 143 Å². The first-order valence-electron chi connectivity index (χ1n) is 4.41. The number of hydrogen-bond acceptors (Lipinski definition) is 6. The molecule has 6 nitrogen and oxygen atoms in total. The Morgan fingerprint density at radius 3 is 2.00 bits per heavy atom. The number of alkyl halides is 1. The highest BCUT2D eigenvalue weighted by atomic mass is 35.5. The van der Waals surface area contributed by atoms with Gasteiger partial charge in [0.25, 0.3) is 0 Å². The van der Waals surface area contributed by atoms with E-state index in [0.717, 1.165) is 6.61 Å². The van der Waals surface area contributed by atoms with Crippen LogP contribution in [0.2, 0.25) is 0 Å². The average molecular weight is 226 g/mol. The molecule has 10 N–H and O–H groups in total. The first-order chi connectivity index (χ1) is 6.41. The lowest BCUT2D eigenvalue weighted by atomic mass is 10.1. The van der Waals surface area contributed by atoms with Crippen LogP contribution in [-0.4, -0.2) is 37.0 Å². The highest BCUT2D eigenvalue weighted by molar-refractivity contribution is 6.18. The van der Waals surface area contributed by atoms with Crippen LogP contribution in [-0.2, 0) is 4.74 Å². The summed E-state index contributed by atoms with van der Waals surface area (Å²) < 4.78 is 4.73. The molecular formula is C7H20ClN5O. The number of hydrogen-bond donors (Lipinski definition) is 5. The van der Waals surface area contributed by atoms with E-state index in [4.69, 9.17) is 45.0 Å². The van der Waals surface area contributed by atoms with E-state index in [1.807, 2.05) is 0 Å². The second-order valence-electron chi connectivity index (χ2n) is 3.29. The molecule has 1 fully saturated rings. The van der Waals surface area contributed by atoms with Gasteiger partial charge in [0, 0.05) is 0 Å². The van der Waals surface area contributed by atoms with Gasteiger partial charge in [-0.3, -0.25) is 17.2 Å². The van der Waals surface area contributed by atoms with Gasteiger partial charge in [0.05, 0.1) is 24.6 Å². The Morgan fingerprint density at radius 2 is 1.93 bits per heavy atom. The SMILES string of the molecule is ClCC1CO1.NCCC(N)C(N)(N)N. The third-order valence-electron chi connectivity index (χ3n) is 1.69. The smallest absolute Gasteiger partial charge is 0.131 e. The zero-order valence-corrected chi connectivity index (χ0v) is 8.91. The maximum atomic E-state index is 5.41. The van der Waals surface area contributed by atoms with Gasteiger partial charge < -0.3 is 16.2 Å². The molecule has 0 radical (unpaired) electrons. The summed E-state index contributed by atoms with van der Waals surface area (Å²) in [6, 6.07) is -0.428. The highest BCUT2D eigenvalue weighted by Gasteiger charge is 2.21. The van der Waals surface area contributed by atoms with Gasteiger partial charge in [-0.05, 0) is 13.0 Å². The van der Waals surface area contributed by atoms with Crippen molar-refractivity contribution in [2.75, 3.05) is 19.0 Å².